The van der Waals surface area contributed by atoms with Crippen LogP contribution in [-0.4, -0.2) is 44.2 Å². The number of benzene rings is 1. The van der Waals surface area contributed by atoms with Crippen molar-refractivity contribution in [2.75, 3.05) is 6.26 Å². The van der Waals surface area contributed by atoms with Gasteiger partial charge in [0.15, 0.2) is 5.60 Å². The Labute approximate surface area is 147 Å². The molecule has 0 aliphatic carbocycles. The summed E-state index contributed by atoms with van der Waals surface area (Å²) in [6.45, 7) is -0.440. The van der Waals surface area contributed by atoms with Gasteiger partial charge in [-0.1, -0.05) is 6.07 Å². The van der Waals surface area contributed by atoms with Crippen molar-refractivity contribution in [3.05, 3.63) is 60.7 Å². The van der Waals surface area contributed by atoms with Crippen LogP contribution in [-0.2, 0) is 33.0 Å². The molecule has 0 saturated heterocycles. The van der Waals surface area contributed by atoms with Gasteiger partial charge in [-0.3, -0.25) is 4.18 Å². The van der Waals surface area contributed by atoms with Crippen LogP contribution >= 0.6 is 0 Å². The Morgan fingerprint density at radius 1 is 1.08 bits per heavy atom. The van der Waals surface area contributed by atoms with E-state index in [4.69, 9.17) is 4.18 Å². The van der Waals surface area contributed by atoms with Gasteiger partial charge in [0.1, 0.15) is 36.9 Å². The lowest BCUT2D eigenvalue weighted by Gasteiger charge is -2.32. The Hall–Kier alpha value is -2.73. The molecule has 0 amide bonds. The zero-order chi connectivity index (χ0) is 18.8. The largest absolute Gasteiger partial charge is 0.265 e. The fraction of sp³-hybridized carbons (Fsp3) is 0.286. The summed E-state index contributed by atoms with van der Waals surface area (Å²) >= 11 is 0. The molecular formula is C14H14F2N6O3S. The monoisotopic (exact) mass is 384 g/mol. The van der Waals surface area contributed by atoms with Crippen LogP contribution in [0.5, 0.6) is 0 Å². The average Bonchev–Trinajstić information content (AvgIpc) is 3.19. The molecule has 0 aliphatic rings. The molecule has 0 fully saturated rings. The van der Waals surface area contributed by atoms with Crippen LogP contribution in [0.1, 0.15) is 5.56 Å². The number of hydrogen-bond donors (Lipinski definition) is 0. The normalized spacial score (nSPS) is 12.4. The van der Waals surface area contributed by atoms with Gasteiger partial charge in [0.05, 0.1) is 19.3 Å². The second kappa shape index (κ2) is 6.88. The Kier molecular flexibility index (Phi) is 4.78. The number of rotatable bonds is 7. The van der Waals surface area contributed by atoms with Crippen molar-refractivity contribution in [1.82, 2.24) is 29.5 Å². The zero-order valence-electron chi connectivity index (χ0n) is 13.5. The SMILES string of the molecule is CS(=O)(=O)OC(Cn1cncn1)(Cn1cncn1)c1ccc(F)cc1F. The molecule has 0 aliphatic heterocycles. The van der Waals surface area contributed by atoms with Crippen molar-refractivity contribution in [2.24, 2.45) is 0 Å². The third-order valence-corrected chi connectivity index (χ3v) is 4.12. The molecule has 9 nitrogen and oxygen atoms in total. The van der Waals surface area contributed by atoms with E-state index in [0.717, 1.165) is 18.4 Å². The quantitative estimate of drug-likeness (QED) is 0.553. The van der Waals surface area contributed by atoms with E-state index in [-0.39, 0.29) is 18.7 Å². The molecule has 0 atom stereocenters. The first-order chi connectivity index (χ1) is 12.3. The second-order valence-corrected chi connectivity index (χ2v) is 7.17. The predicted molar refractivity (Wildman–Crippen MR) is 84.0 cm³/mol. The average molecular weight is 384 g/mol. The molecule has 0 N–H and O–H groups in total. The van der Waals surface area contributed by atoms with Crippen molar-refractivity contribution < 1.29 is 21.4 Å². The van der Waals surface area contributed by atoms with E-state index < -0.39 is 27.4 Å². The van der Waals surface area contributed by atoms with E-state index in [1.54, 1.807) is 0 Å². The van der Waals surface area contributed by atoms with Gasteiger partial charge in [0.25, 0.3) is 10.1 Å². The highest BCUT2D eigenvalue weighted by atomic mass is 32.2. The molecule has 3 rings (SSSR count). The summed E-state index contributed by atoms with van der Waals surface area (Å²) in [6.07, 6.45) is 5.96. The molecule has 0 saturated carbocycles. The van der Waals surface area contributed by atoms with Crippen LogP contribution in [0.2, 0.25) is 0 Å². The summed E-state index contributed by atoms with van der Waals surface area (Å²) in [6, 6.07) is 2.80. The lowest BCUT2D eigenvalue weighted by Crippen LogP contribution is -2.42. The van der Waals surface area contributed by atoms with Crippen LogP contribution in [0.25, 0.3) is 0 Å². The minimum absolute atomic E-state index is 0.171. The molecule has 1 aromatic carbocycles. The van der Waals surface area contributed by atoms with Gasteiger partial charge >= 0.3 is 0 Å². The Morgan fingerprint density at radius 3 is 2.08 bits per heavy atom. The summed E-state index contributed by atoms with van der Waals surface area (Å²) < 4.78 is 59.7. The van der Waals surface area contributed by atoms with Gasteiger partial charge in [0, 0.05) is 11.6 Å². The lowest BCUT2D eigenvalue weighted by atomic mass is 9.93. The number of aromatic nitrogens is 6. The van der Waals surface area contributed by atoms with Crippen molar-refractivity contribution in [1.29, 1.82) is 0 Å². The van der Waals surface area contributed by atoms with Crippen LogP contribution in [0.4, 0.5) is 8.78 Å². The molecule has 2 aromatic heterocycles. The second-order valence-electron chi connectivity index (χ2n) is 5.59. The molecule has 2 heterocycles. The smallest absolute Gasteiger partial charge is 0.255 e. The maximum atomic E-state index is 14.6. The first-order valence-corrected chi connectivity index (χ1v) is 9.10. The van der Waals surface area contributed by atoms with Crippen molar-refractivity contribution in [3.8, 4) is 0 Å². The summed E-state index contributed by atoms with van der Waals surface area (Å²) in [4.78, 5) is 7.58. The first-order valence-electron chi connectivity index (χ1n) is 7.28. The molecule has 0 unspecified atom stereocenters. The Balaban J connectivity index is 2.18. The maximum absolute atomic E-state index is 14.6. The minimum Gasteiger partial charge on any atom is -0.255 e. The molecular weight excluding hydrogens is 370 g/mol. The Bertz CT molecular complexity index is 940. The fourth-order valence-corrected chi connectivity index (χ4v) is 3.39. The standard InChI is InChI=1S/C14H14F2N6O3S/c1-26(23,24)25-14(5-21-9-17-7-19-21,6-22-10-18-8-20-22)12-3-2-11(15)4-13(12)16/h2-4,7-10H,5-6H2,1H3. The minimum atomic E-state index is -4.05. The highest BCUT2D eigenvalue weighted by Gasteiger charge is 2.41. The third-order valence-electron chi connectivity index (χ3n) is 3.50. The maximum Gasteiger partial charge on any atom is 0.265 e. The molecule has 12 heteroatoms. The van der Waals surface area contributed by atoms with E-state index in [2.05, 4.69) is 20.2 Å². The van der Waals surface area contributed by atoms with Crippen LogP contribution in [0, 0.1) is 11.6 Å². The van der Waals surface area contributed by atoms with Gasteiger partial charge in [-0.25, -0.2) is 28.1 Å². The lowest BCUT2D eigenvalue weighted by molar-refractivity contribution is 0.0260. The molecule has 3 aromatic rings. The van der Waals surface area contributed by atoms with Gasteiger partial charge in [-0.15, -0.1) is 0 Å². The topological polar surface area (TPSA) is 105 Å². The first kappa shape index (κ1) is 18.1. The van der Waals surface area contributed by atoms with Gasteiger partial charge in [0.2, 0.25) is 0 Å². The third kappa shape index (κ3) is 4.08. The van der Waals surface area contributed by atoms with E-state index in [9.17, 15) is 17.2 Å². The molecule has 26 heavy (non-hydrogen) atoms. The summed E-state index contributed by atoms with van der Waals surface area (Å²) in [5, 5.41) is 7.84. The van der Waals surface area contributed by atoms with Gasteiger partial charge < -0.3 is 0 Å². The zero-order valence-corrected chi connectivity index (χ0v) is 14.3. The predicted octanol–water partition coefficient (Wildman–Crippen LogP) is 0.720. The van der Waals surface area contributed by atoms with Gasteiger partial charge in [-0.2, -0.15) is 18.6 Å². The number of halogens is 2. The number of hydrogen-bond acceptors (Lipinski definition) is 7. The van der Waals surface area contributed by atoms with Crippen molar-refractivity contribution in [3.63, 3.8) is 0 Å². The highest BCUT2D eigenvalue weighted by Crippen LogP contribution is 2.33. The molecule has 0 spiro atoms. The summed E-state index contributed by atoms with van der Waals surface area (Å²) in [5.41, 5.74) is -1.97. The summed E-state index contributed by atoms with van der Waals surface area (Å²) in [5.74, 6) is -1.77. The fourth-order valence-electron chi connectivity index (χ4n) is 2.62. The van der Waals surface area contributed by atoms with Crippen LogP contribution in [0.3, 0.4) is 0 Å². The molecule has 0 radical (unpaired) electrons. The van der Waals surface area contributed by atoms with E-state index in [1.807, 2.05) is 0 Å². The molecule has 138 valence electrons. The van der Waals surface area contributed by atoms with Crippen molar-refractivity contribution >= 4 is 10.1 Å². The Morgan fingerprint density at radius 2 is 1.65 bits per heavy atom. The van der Waals surface area contributed by atoms with Gasteiger partial charge in [-0.05, 0) is 6.07 Å². The van der Waals surface area contributed by atoms with E-state index in [1.165, 1.54) is 34.7 Å². The van der Waals surface area contributed by atoms with E-state index in [0.29, 0.717) is 6.07 Å². The molecule has 0 bridgehead atoms. The summed E-state index contributed by atoms with van der Waals surface area (Å²) in [7, 11) is -4.05. The van der Waals surface area contributed by atoms with Crippen LogP contribution < -0.4 is 0 Å². The van der Waals surface area contributed by atoms with Crippen LogP contribution in [0.15, 0.2) is 43.5 Å². The highest BCUT2D eigenvalue weighted by molar-refractivity contribution is 7.86. The number of nitrogens with zero attached hydrogens (tertiary/aromatic N) is 6. The van der Waals surface area contributed by atoms with Crippen molar-refractivity contribution in [2.45, 2.75) is 18.7 Å². The van der Waals surface area contributed by atoms with E-state index >= 15 is 0 Å².